The molecule has 1 aromatic rings. The molecule has 84 valence electrons. The molecule has 2 rings (SSSR count). The van der Waals surface area contributed by atoms with Gasteiger partial charge in [-0.15, -0.1) is 0 Å². The molecule has 1 fully saturated rings. The lowest BCUT2D eigenvalue weighted by Gasteiger charge is -2.26. The normalized spacial score (nSPS) is 18.2. The summed E-state index contributed by atoms with van der Waals surface area (Å²) in [6.07, 6.45) is 1.74. The van der Waals surface area contributed by atoms with Crippen molar-refractivity contribution in [3.63, 3.8) is 0 Å². The second-order valence-electron chi connectivity index (χ2n) is 3.58. The number of morpholine rings is 1. The zero-order valence-electron chi connectivity index (χ0n) is 8.80. The highest BCUT2D eigenvalue weighted by atomic mass is 16.5. The lowest BCUT2D eigenvalue weighted by atomic mass is 10.4. The molecule has 6 nitrogen and oxygen atoms in total. The highest BCUT2D eigenvalue weighted by Gasteiger charge is 2.09. The van der Waals surface area contributed by atoms with E-state index in [0.717, 1.165) is 39.4 Å². The molecule has 1 aliphatic rings. The van der Waals surface area contributed by atoms with Crippen molar-refractivity contribution < 1.29 is 4.74 Å². The molecule has 0 bridgehead atoms. The molecule has 0 unspecified atom stereocenters. The van der Waals surface area contributed by atoms with Crippen LogP contribution in [-0.4, -0.2) is 52.5 Å². The topological polar surface area (TPSA) is 69.2 Å². The maximum Gasteiger partial charge on any atom is 0.164 e. The van der Waals surface area contributed by atoms with E-state index < -0.39 is 0 Å². The van der Waals surface area contributed by atoms with Gasteiger partial charge in [-0.1, -0.05) is 0 Å². The molecule has 0 aliphatic carbocycles. The minimum Gasteiger partial charge on any atom is -0.379 e. The van der Waals surface area contributed by atoms with E-state index in [0.29, 0.717) is 12.4 Å². The van der Waals surface area contributed by atoms with Crippen LogP contribution in [0.15, 0.2) is 6.33 Å². The molecule has 2 N–H and O–H groups in total. The summed E-state index contributed by atoms with van der Waals surface area (Å²) in [5, 5.41) is 4.24. The van der Waals surface area contributed by atoms with E-state index in [1.54, 1.807) is 6.33 Å². The second kappa shape index (κ2) is 5.20. The van der Waals surface area contributed by atoms with Gasteiger partial charge in [-0.25, -0.2) is 4.98 Å². The van der Waals surface area contributed by atoms with Crippen LogP contribution in [0.1, 0.15) is 5.82 Å². The summed E-state index contributed by atoms with van der Waals surface area (Å²) in [5.41, 5.74) is 5.44. The van der Waals surface area contributed by atoms with Gasteiger partial charge in [-0.2, -0.15) is 5.10 Å². The Morgan fingerprint density at radius 1 is 1.33 bits per heavy atom. The second-order valence-corrected chi connectivity index (χ2v) is 3.58. The number of rotatable bonds is 4. The van der Waals surface area contributed by atoms with Gasteiger partial charge in [-0.05, 0) is 0 Å². The monoisotopic (exact) mass is 211 g/mol. The van der Waals surface area contributed by atoms with Crippen LogP contribution in [0.3, 0.4) is 0 Å². The predicted octanol–water partition coefficient (Wildman–Crippen LogP) is -0.931. The van der Waals surface area contributed by atoms with Crippen LogP contribution in [-0.2, 0) is 17.8 Å². The number of nitrogens with zero attached hydrogens (tertiary/aromatic N) is 4. The van der Waals surface area contributed by atoms with Crippen molar-refractivity contribution in [2.24, 2.45) is 5.73 Å². The molecule has 0 amide bonds. The van der Waals surface area contributed by atoms with Gasteiger partial charge in [0.15, 0.2) is 5.82 Å². The van der Waals surface area contributed by atoms with Crippen molar-refractivity contribution >= 4 is 0 Å². The van der Waals surface area contributed by atoms with Gasteiger partial charge < -0.3 is 10.5 Å². The van der Waals surface area contributed by atoms with E-state index in [1.165, 1.54) is 0 Å². The van der Waals surface area contributed by atoms with Crippen molar-refractivity contribution in [3.05, 3.63) is 12.2 Å². The van der Waals surface area contributed by atoms with E-state index in [1.807, 2.05) is 4.68 Å². The fourth-order valence-corrected chi connectivity index (χ4v) is 1.60. The zero-order valence-corrected chi connectivity index (χ0v) is 8.80. The van der Waals surface area contributed by atoms with Crippen LogP contribution < -0.4 is 5.73 Å². The summed E-state index contributed by atoms with van der Waals surface area (Å²) in [5.74, 6) is 0.706. The van der Waals surface area contributed by atoms with Crippen LogP contribution in [0.4, 0.5) is 0 Å². The molecule has 6 heteroatoms. The Hall–Kier alpha value is -0.980. The molecule has 0 aromatic carbocycles. The largest absolute Gasteiger partial charge is 0.379 e. The first kappa shape index (κ1) is 10.5. The Morgan fingerprint density at radius 2 is 2.13 bits per heavy atom. The maximum absolute atomic E-state index is 5.44. The fourth-order valence-electron chi connectivity index (χ4n) is 1.60. The lowest BCUT2D eigenvalue weighted by molar-refractivity contribution is 0.0359. The molecule has 0 radical (unpaired) electrons. The molecule has 0 spiro atoms. The average Bonchev–Trinajstić information content (AvgIpc) is 2.76. The Kier molecular flexibility index (Phi) is 3.65. The average molecular weight is 211 g/mol. The maximum atomic E-state index is 5.44. The fraction of sp³-hybridized carbons (Fsp3) is 0.778. The molecular formula is C9H17N5O. The first-order chi connectivity index (χ1) is 7.38. The van der Waals surface area contributed by atoms with E-state index in [-0.39, 0.29) is 0 Å². The molecular weight excluding hydrogens is 194 g/mol. The quantitative estimate of drug-likeness (QED) is 0.696. The van der Waals surface area contributed by atoms with Gasteiger partial charge in [0.1, 0.15) is 6.33 Å². The van der Waals surface area contributed by atoms with Gasteiger partial charge in [-0.3, -0.25) is 9.58 Å². The number of ether oxygens (including phenoxy) is 1. The molecule has 15 heavy (non-hydrogen) atoms. The minimum atomic E-state index is 0.407. The van der Waals surface area contributed by atoms with Crippen molar-refractivity contribution in [2.45, 2.75) is 13.1 Å². The predicted molar refractivity (Wildman–Crippen MR) is 55.2 cm³/mol. The number of hydrogen-bond acceptors (Lipinski definition) is 5. The number of nitrogens with two attached hydrogens (primary N) is 1. The molecule has 0 saturated carbocycles. The summed E-state index contributed by atoms with van der Waals surface area (Å²) < 4.78 is 7.13. The molecule has 2 heterocycles. The van der Waals surface area contributed by atoms with Crippen LogP contribution >= 0.6 is 0 Å². The third-order valence-electron chi connectivity index (χ3n) is 2.52. The minimum absolute atomic E-state index is 0.407. The van der Waals surface area contributed by atoms with E-state index in [4.69, 9.17) is 10.5 Å². The first-order valence-corrected chi connectivity index (χ1v) is 5.27. The highest BCUT2D eigenvalue weighted by molar-refractivity contribution is 4.79. The molecule has 0 atom stereocenters. The smallest absolute Gasteiger partial charge is 0.164 e. The van der Waals surface area contributed by atoms with Gasteiger partial charge in [0.25, 0.3) is 0 Å². The molecule has 1 saturated heterocycles. The Labute approximate surface area is 89.0 Å². The van der Waals surface area contributed by atoms with Gasteiger partial charge in [0, 0.05) is 19.6 Å². The van der Waals surface area contributed by atoms with Crippen molar-refractivity contribution in [1.82, 2.24) is 19.7 Å². The van der Waals surface area contributed by atoms with Crippen LogP contribution in [0.25, 0.3) is 0 Å². The van der Waals surface area contributed by atoms with Crippen LogP contribution in [0, 0.1) is 0 Å². The standard InChI is InChI=1S/C9H17N5O/c10-7-9-11-8-14(12-9)2-1-13-3-5-15-6-4-13/h8H,1-7,10H2. The van der Waals surface area contributed by atoms with E-state index >= 15 is 0 Å². The molecule has 1 aromatic heterocycles. The third-order valence-corrected chi connectivity index (χ3v) is 2.52. The summed E-state index contributed by atoms with van der Waals surface area (Å²) in [6, 6.07) is 0. The van der Waals surface area contributed by atoms with Crippen LogP contribution in [0.5, 0.6) is 0 Å². The van der Waals surface area contributed by atoms with Crippen molar-refractivity contribution in [2.75, 3.05) is 32.8 Å². The van der Waals surface area contributed by atoms with Crippen molar-refractivity contribution in [3.8, 4) is 0 Å². The zero-order chi connectivity index (χ0) is 10.5. The van der Waals surface area contributed by atoms with Crippen molar-refractivity contribution in [1.29, 1.82) is 0 Å². The van der Waals surface area contributed by atoms with Gasteiger partial charge in [0.05, 0.1) is 26.3 Å². The molecule has 1 aliphatic heterocycles. The van der Waals surface area contributed by atoms with E-state index in [9.17, 15) is 0 Å². The first-order valence-electron chi connectivity index (χ1n) is 5.27. The lowest BCUT2D eigenvalue weighted by Crippen LogP contribution is -2.38. The SMILES string of the molecule is NCc1ncn(CCN2CCOCC2)n1. The summed E-state index contributed by atoms with van der Waals surface area (Å²) in [4.78, 5) is 6.45. The Bertz CT molecular complexity index is 294. The van der Waals surface area contributed by atoms with Crippen LogP contribution in [0.2, 0.25) is 0 Å². The summed E-state index contributed by atoms with van der Waals surface area (Å²) in [6.45, 7) is 5.97. The number of aromatic nitrogens is 3. The summed E-state index contributed by atoms with van der Waals surface area (Å²) >= 11 is 0. The highest BCUT2D eigenvalue weighted by Crippen LogP contribution is 1.97. The number of hydrogen-bond donors (Lipinski definition) is 1. The van der Waals surface area contributed by atoms with E-state index in [2.05, 4.69) is 15.0 Å². The van der Waals surface area contributed by atoms with Gasteiger partial charge in [0.2, 0.25) is 0 Å². The Morgan fingerprint density at radius 3 is 2.80 bits per heavy atom. The summed E-state index contributed by atoms with van der Waals surface area (Å²) in [7, 11) is 0. The van der Waals surface area contributed by atoms with Gasteiger partial charge >= 0.3 is 0 Å². The Balaban J connectivity index is 1.76. The third kappa shape index (κ3) is 2.98.